The molecule has 22 heavy (non-hydrogen) atoms. The lowest BCUT2D eigenvalue weighted by Gasteiger charge is -2.25. The molecule has 1 atom stereocenters. The van der Waals surface area contributed by atoms with E-state index in [4.69, 9.17) is 0 Å². The van der Waals surface area contributed by atoms with Crippen molar-refractivity contribution in [2.24, 2.45) is 12.5 Å². The number of aryl methyl sites for hydroxylation is 2. The van der Waals surface area contributed by atoms with E-state index in [2.05, 4.69) is 28.2 Å². The molecule has 2 rings (SSSR count). The highest BCUT2D eigenvalue weighted by Crippen LogP contribution is 2.21. The number of carbonyl (C=O) groups excluding carboxylic acids is 1. The highest BCUT2D eigenvalue weighted by molar-refractivity contribution is 5.84. The molecule has 4 heteroatoms. The molecule has 0 aliphatic rings. The van der Waals surface area contributed by atoms with Gasteiger partial charge in [0.2, 0.25) is 5.91 Å². The standard InChI is InChI=1S/C18H26N2O2/c1-18(2,3)16(21)11-19-17(22)10-9-13-12-20(4)15-8-6-5-7-14(13)15/h5-8,12,16,21H,9-11H2,1-4H3,(H,19,22). The highest BCUT2D eigenvalue weighted by Gasteiger charge is 2.22. The van der Waals surface area contributed by atoms with Gasteiger partial charge >= 0.3 is 0 Å². The Morgan fingerprint density at radius 2 is 2.00 bits per heavy atom. The second-order valence-electron chi connectivity index (χ2n) is 6.97. The number of rotatable bonds is 5. The lowest BCUT2D eigenvalue weighted by molar-refractivity contribution is -0.121. The van der Waals surface area contributed by atoms with E-state index in [1.165, 1.54) is 16.5 Å². The maximum absolute atomic E-state index is 12.0. The van der Waals surface area contributed by atoms with Gasteiger partial charge in [0.15, 0.2) is 0 Å². The Kier molecular flexibility index (Phi) is 4.91. The minimum atomic E-state index is -0.533. The molecule has 1 aromatic carbocycles. The molecule has 0 saturated carbocycles. The highest BCUT2D eigenvalue weighted by atomic mass is 16.3. The third-order valence-electron chi connectivity index (χ3n) is 4.09. The predicted octanol–water partition coefficient (Wildman–Crippen LogP) is 2.63. The third kappa shape index (κ3) is 3.89. The number of carbonyl (C=O) groups is 1. The second-order valence-corrected chi connectivity index (χ2v) is 6.97. The molecule has 4 nitrogen and oxygen atoms in total. The minimum absolute atomic E-state index is 0.0174. The molecule has 1 aromatic heterocycles. The van der Waals surface area contributed by atoms with Crippen LogP contribution >= 0.6 is 0 Å². The van der Waals surface area contributed by atoms with Crippen LogP contribution in [0.5, 0.6) is 0 Å². The molecule has 0 aliphatic carbocycles. The minimum Gasteiger partial charge on any atom is -0.391 e. The largest absolute Gasteiger partial charge is 0.391 e. The SMILES string of the molecule is Cn1cc(CCC(=O)NCC(O)C(C)(C)C)c2ccccc21. The molecule has 2 aromatic rings. The summed E-state index contributed by atoms with van der Waals surface area (Å²) in [5.74, 6) is -0.0174. The zero-order chi connectivity index (χ0) is 16.3. The number of aliphatic hydroxyl groups is 1. The van der Waals surface area contributed by atoms with E-state index in [1.807, 2.05) is 40.0 Å². The molecule has 1 heterocycles. The molecule has 0 saturated heterocycles. The number of hydrogen-bond donors (Lipinski definition) is 2. The smallest absolute Gasteiger partial charge is 0.220 e. The van der Waals surface area contributed by atoms with Gasteiger partial charge in [0, 0.05) is 37.1 Å². The van der Waals surface area contributed by atoms with Crippen molar-refractivity contribution in [1.29, 1.82) is 0 Å². The Bertz CT molecular complexity index is 653. The van der Waals surface area contributed by atoms with Gasteiger partial charge in [-0.1, -0.05) is 39.0 Å². The van der Waals surface area contributed by atoms with Crippen LogP contribution in [-0.4, -0.2) is 28.2 Å². The first-order valence-corrected chi connectivity index (χ1v) is 7.76. The Hall–Kier alpha value is -1.81. The van der Waals surface area contributed by atoms with E-state index in [-0.39, 0.29) is 11.3 Å². The van der Waals surface area contributed by atoms with E-state index in [0.717, 1.165) is 0 Å². The summed E-state index contributed by atoms with van der Waals surface area (Å²) in [5, 5.41) is 14.0. The Morgan fingerprint density at radius 1 is 1.32 bits per heavy atom. The summed E-state index contributed by atoms with van der Waals surface area (Å²) in [5.41, 5.74) is 2.15. The number of aromatic nitrogens is 1. The van der Waals surface area contributed by atoms with Crippen LogP contribution in [0.2, 0.25) is 0 Å². The number of para-hydroxylation sites is 1. The number of nitrogens with zero attached hydrogens (tertiary/aromatic N) is 1. The van der Waals surface area contributed by atoms with Crippen LogP contribution < -0.4 is 5.32 Å². The van der Waals surface area contributed by atoms with Gasteiger partial charge in [-0.15, -0.1) is 0 Å². The fourth-order valence-electron chi connectivity index (χ4n) is 2.48. The van der Waals surface area contributed by atoms with Gasteiger partial charge in [-0.2, -0.15) is 0 Å². The van der Waals surface area contributed by atoms with E-state index < -0.39 is 6.10 Å². The van der Waals surface area contributed by atoms with Crippen LogP contribution in [0.25, 0.3) is 10.9 Å². The number of amides is 1. The first-order chi connectivity index (χ1) is 10.3. The average molecular weight is 302 g/mol. The van der Waals surface area contributed by atoms with Crippen LogP contribution in [-0.2, 0) is 18.3 Å². The Labute approximate surface area is 132 Å². The Morgan fingerprint density at radius 3 is 2.68 bits per heavy atom. The second kappa shape index (κ2) is 6.53. The topological polar surface area (TPSA) is 54.3 Å². The fourth-order valence-corrected chi connectivity index (χ4v) is 2.48. The van der Waals surface area contributed by atoms with Crippen molar-refractivity contribution in [2.75, 3.05) is 6.54 Å². The third-order valence-corrected chi connectivity index (χ3v) is 4.09. The maximum atomic E-state index is 12.0. The van der Waals surface area contributed by atoms with Gasteiger partial charge in [0.1, 0.15) is 0 Å². The van der Waals surface area contributed by atoms with Crippen molar-refractivity contribution in [3.63, 3.8) is 0 Å². The molecule has 120 valence electrons. The van der Waals surface area contributed by atoms with Gasteiger partial charge in [-0.05, 0) is 23.5 Å². The number of aliphatic hydroxyl groups excluding tert-OH is 1. The lowest BCUT2D eigenvalue weighted by Crippen LogP contribution is -2.39. The zero-order valence-corrected chi connectivity index (χ0v) is 13.9. The van der Waals surface area contributed by atoms with Crippen molar-refractivity contribution in [3.8, 4) is 0 Å². The molecule has 0 radical (unpaired) electrons. The summed E-state index contributed by atoms with van der Waals surface area (Å²) in [6.45, 7) is 6.18. The van der Waals surface area contributed by atoms with Crippen LogP contribution in [0, 0.1) is 5.41 Å². The Balaban J connectivity index is 1.91. The average Bonchev–Trinajstić information content (AvgIpc) is 2.78. The number of benzene rings is 1. The van der Waals surface area contributed by atoms with Crippen LogP contribution in [0.4, 0.5) is 0 Å². The monoisotopic (exact) mass is 302 g/mol. The molecule has 0 bridgehead atoms. The molecule has 1 amide bonds. The maximum Gasteiger partial charge on any atom is 0.220 e. The summed E-state index contributed by atoms with van der Waals surface area (Å²) >= 11 is 0. The fraction of sp³-hybridized carbons (Fsp3) is 0.500. The summed E-state index contributed by atoms with van der Waals surface area (Å²) < 4.78 is 2.09. The molecule has 0 aliphatic heterocycles. The molecule has 0 spiro atoms. The van der Waals surface area contributed by atoms with E-state index >= 15 is 0 Å². The van der Waals surface area contributed by atoms with Crippen LogP contribution in [0.3, 0.4) is 0 Å². The molecule has 1 unspecified atom stereocenters. The normalized spacial score (nSPS) is 13.3. The van der Waals surface area contributed by atoms with Gasteiger partial charge in [0.05, 0.1) is 6.10 Å². The zero-order valence-electron chi connectivity index (χ0n) is 13.9. The number of hydrogen-bond acceptors (Lipinski definition) is 2. The molecule has 0 fully saturated rings. The van der Waals surface area contributed by atoms with Gasteiger partial charge in [0.25, 0.3) is 0 Å². The van der Waals surface area contributed by atoms with Crippen molar-refractivity contribution in [3.05, 3.63) is 36.0 Å². The quantitative estimate of drug-likeness (QED) is 0.892. The number of nitrogens with one attached hydrogen (secondary N) is 1. The lowest BCUT2D eigenvalue weighted by atomic mass is 9.89. The van der Waals surface area contributed by atoms with Crippen molar-refractivity contribution >= 4 is 16.8 Å². The van der Waals surface area contributed by atoms with E-state index in [0.29, 0.717) is 19.4 Å². The molecular weight excluding hydrogens is 276 g/mol. The van der Waals surface area contributed by atoms with Crippen molar-refractivity contribution < 1.29 is 9.90 Å². The van der Waals surface area contributed by atoms with E-state index in [9.17, 15) is 9.90 Å². The van der Waals surface area contributed by atoms with Gasteiger partial charge in [-0.3, -0.25) is 4.79 Å². The molecular formula is C18H26N2O2. The molecule has 2 N–H and O–H groups in total. The summed E-state index contributed by atoms with van der Waals surface area (Å²) in [6.07, 6.45) is 2.69. The van der Waals surface area contributed by atoms with Crippen LogP contribution in [0.1, 0.15) is 32.8 Å². The van der Waals surface area contributed by atoms with E-state index in [1.54, 1.807) is 0 Å². The van der Waals surface area contributed by atoms with Gasteiger partial charge < -0.3 is 15.0 Å². The summed E-state index contributed by atoms with van der Waals surface area (Å²) in [7, 11) is 2.02. The number of fused-ring (bicyclic) bond motifs is 1. The van der Waals surface area contributed by atoms with Gasteiger partial charge in [-0.25, -0.2) is 0 Å². The van der Waals surface area contributed by atoms with Crippen molar-refractivity contribution in [1.82, 2.24) is 9.88 Å². The summed E-state index contributed by atoms with van der Waals surface area (Å²) in [4.78, 5) is 12.0. The first-order valence-electron chi connectivity index (χ1n) is 7.76. The van der Waals surface area contributed by atoms with Crippen LogP contribution in [0.15, 0.2) is 30.5 Å². The summed E-state index contributed by atoms with van der Waals surface area (Å²) in [6, 6.07) is 8.21. The predicted molar refractivity (Wildman–Crippen MR) is 89.7 cm³/mol. The first kappa shape index (κ1) is 16.6. The van der Waals surface area contributed by atoms with Crippen molar-refractivity contribution in [2.45, 2.75) is 39.7 Å².